The Hall–Kier alpha value is -1.76. The van der Waals surface area contributed by atoms with E-state index in [1.54, 1.807) is 27.9 Å². The molecule has 0 aliphatic rings. The number of methoxy groups -OCH3 is 1. The molecule has 1 aromatic rings. The molecule has 0 aliphatic heterocycles. The Morgan fingerprint density at radius 2 is 1.96 bits per heavy atom. The molecular weight excluding hydrogens is 400 g/mol. The molecule has 0 aromatic heterocycles. The van der Waals surface area contributed by atoms with Crippen LogP contribution in [0.4, 0.5) is 4.79 Å². The summed E-state index contributed by atoms with van der Waals surface area (Å²) in [5.41, 5.74) is 0.454. The molecule has 0 radical (unpaired) electrons. The molecule has 1 atom stereocenters. The number of nitrogens with one attached hydrogen (secondary N) is 2. The predicted molar refractivity (Wildman–Crippen MR) is 105 cm³/mol. The molecule has 2 amide bonds. The maximum absolute atomic E-state index is 12.4. The second kappa shape index (κ2) is 10.4. The maximum Gasteiger partial charge on any atom is 0.408 e. The lowest BCUT2D eigenvalue weighted by Gasteiger charge is -2.23. The predicted octanol–water partition coefficient (Wildman–Crippen LogP) is 3.81. The summed E-state index contributed by atoms with van der Waals surface area (Å²) in [5.74, 6) is 0.547. The molecule has 1 unspecified atom stereocenters. The minimum atomic E-state index is -0.602. The number of amides is 2. The molecule has 1 rings (SSSR count). The fourth-order valence-electron chi connectivity index (χ4n) is 2.32. The minimum Gasteiger partial charge on any atom is -0.496 e. The normalized spacial score (nSPS) is 12.2. The van der Waals surface area contributed by atoms with Crippen molar-refractivity contribution in [2.45, 2.75) is 58.6 Å². The van der Waals surface area contributed by atoms with E-state index >= 15 is 0 Å². The summed E-state index contributed by atoms with van der Waals surface area (Å²) in [6.07, 6.45) is 1.42. The summed E-state index contributed by atoms with van der Waals surface area (Å²) >= 11 is 3.42. The fraction of sp³-hybridized carbons (Fsp3) is 0.579. The van der Waals surface area contributed by atoms with Crippen LogP contribution in [0.25, 0.3) is 0 Å². The topological polar surface area (TPSA) is 76.7 Å². The summed E-state index contributed by atoms with van der Waals surface area (Å²) in [6.45, 7) is 7.79. The van der Waals surface area contributed by atoms with Crippen molar-refractivity contribution < 1.29 is 19.1 Å². The van der Waals surface area contributed by atoms with E-state index in [0.717, 1.165) is 22.2 Å². The first kappa shape index (κ1) is 22.3. The highest BCUT2D eigenvalue weighted by molar-refractivity contribution is 9.10. The zero-order valence-electron chi connectivity index (χ0n) is 16.1. The molecule has 2 N–H and O–H groups in total. The van der Waals surface area contributed by atoms with E-state index < -0.39 is 17.7 Å². The van der Waals surface area contributed by atoms with Gasteiger partial charge >= 0.3 is 6.09 Å². The fourth-order valence-corrected chi connectivity index (χ4v) is 2.73. The third kappa shape index (κ3) is 8.08. The number of benzene rings is 1. The van der Waals surface area contributed by atoms with Crippen molar-refractivity contribution in [1.29, 1.82) is 0 Å². The smallest absolute Gasteiger partial charge is 0.408 e. The number of ether oxygens (including phenoxy) is 2. The van der Waals surface area contributed by atoms with E-state index in [9.17, 15) is 9.59 Å². The van der Waals surface area contributed by atoms with Crippen molar-refractivity contribution in [3.8, 4) is 5.75 Å². The van der Waals surface area contributed by atoms with Crippen molar-refractivity contribution in [3.05, 3.63) is 28.2 Å². The first-order chi connectivity index (χ1) is 12.2. The Balaban J connectivity index is 2.55. The molecule has 0 aliphatic carbocycles. The highest BCUT2D eigenvalue weighted by Crippen LogP contribution is 2.25. The number of hydrogen-bond acceptors (Lipinski definition) is 4. The summed E-state index contributed by atoms with van der Waals surface area (Å²) in [7, 11) is 1.61. The largest absolute Gasteiger partial charge is 0.496 e. The van der Waals surface area contributed by atoms with Crippen molar-refractivity contribution in [2.24, 2.45) is 0 Å². The van der Waals surface area contributed by atoms with Crippen LogP contribution < -0.4 is 15.4 Å². The van der Waals surface area contributed by atoms with Gasteiger partial charge in [0.2, 0.25) is 5.91 Å². The summed E-state index contributed by atoms with van der Waals surface area (Å²) in [6, 6.07) is 5.22. The lowest BCUT2D eigenvalue weighted by molar-refractivity contribution is -0.123. The Bertz CT molecular complexity index is 614. The third-order valence-electron chi connectivity index (χ3n) is 3.51. The maximum atomic E-state index is 12.4. The van der Waals surface area contributed by atoms with Crippen molar-refractivity contribution in [2.75, 3.05) is 13.7 Å². The molecule has 0 spiro atoms. The van der Waals surface area contributed by atoms with Gasteiger partial charge in [-0.2, -0.15) is 0 Å². The van der Waals surface area contributed by atoms with Crippen molar-refractivity contribution >= 4 is 27.9 Å². The zero-order valence-corrected chi connectivity index (χ0v) is 17.7. The van der Waals surface area contributed by atoms with Crippen LogP contribution in [-0.2, 0) is 16.0 Å². The number of carbonyl (C=O) groups excluding carboxylic acids is 2. The van der Waals surface area contributed by atoms with Crippen LogP contribution >= 0.6 is 15.9 Å². The number of hydrogen-bond donors (Lipinski definition) is 2. The molecule has 146 valence electrons. The zero-order chi connectivity index (χ0) is 19.7. The average Bonchev–Trinajstić information content (AvgIpc) is 2.54. The molecule has 0 fully saturated rings. The van der Waals surface area contributed by atoms with Gasteiger partial charge in [0.15, 0.2) is 0 Å². The quantitative estimate of drug-likeness (QED) is 0.659. The second-order valence-electron chi connectivity index (χ2n) is 7.00. The first-order valence-electron chi connectivity index (χ1n) is 8.76. The molecule has 0 bridgehead atoms. The Labute approximate surface area is 164 Å². The SMILES string of the molecule is CCCC(NC(=O)OC(C)(C)C)C(=O)NCCc1ccc(Br)c(OC)c1. The number of alkyl carbamates (subject to hydrolysis) is 1. The van der Waals surface area contributed by atoms with Gasteiger partial charge in [0.25, 0.3) is 0 Å². The Morgan fingerprint density at radius 1 is 1.27 bits per heavy atom. The molecule has 6 nitrogen and oxygen atoms in total. The van der Waals surface area contributed by atoms with E-state index in [-0.39, 0.29) is 5.91 Å². The molecule has 0 heterocycles. The van der Waals surface area contributed by atoms with Gasteiger partial charge in [-0.15, -0.1) is 0 Å². The molecular formula is C19H29BrN2O4. The molecule has 0 saturated heterocycles. The van der Waals surface area contributed by atoms with Crippen LogP contribution in [0.2, 0.25) is 0 Å². The summed E-state index contributed by atoms with van der Waals surface area (Å²) < 4.78 is 11.4. The summed E-state index contributed by atoms with van der Waals surface area (Å²) in [4.78, 5) is 24.3. The number of carbonyl (C=O) groups is 2. The van der Waals surface area contributed by atoms with Gasteiger partial charge in [-0.05, 0) is 67.2 Å². The Kier molecular flexibility index (Phi) is 8.92. The van der Waals surface area contributed by atoms with E-state index in [1.165, 1.54) is 0 Å². The van der Waals surface area contributed by atoms with Gasteiger partial charge in [0.05, 0.1) is 11.6 Å². The van der Waals surface area contributed by atoms with Crippen LogP contribution in [0.3, 0.4) is 0 Å². The van der Waals surface area contributed by atoms with Gasteiger partial charge < -0.3 is 20.1 Å². The monoisotopic (exact) mass is 428 g/mol. The van der Waals surface area contributed by atoms with Crippen LogP contribution in [0.1, 0.15) is 46.1 Å². The summed E-state index contributed by atoms with van der Waals surface area (Å²) in [5, 5.41) is 5.52. The van der Waals surface area contributed by atoms with E-state index in [1.807, 2.05) is 25.1 Å². The van der Waals surface area contributed by atoms with Gasteiger partial charge in [0, 0.05) is 6.54 Å². The lowest BCUT2D eigenvalue weighted by Crippen LogP contribution is -2.48. The highest BCUT2D eigenvalue weighted by Gasteiger charge is 2.23. The van der Waals surface area contributed by atoms with Gasteiger partial charge in [-0.1, -0.05) is 19.4 Å². The Morgan fingerprint density at radius 3 is 2.54 bits per heavy atom. The standard InChI is InChI=1S/C19H29BrN2O4/c1-6-7-15(22-18(24)26-19(2,3)4)17(23)21-11-10-13-8-9-14(20)16(12-13)25-5/h8-9,12,15H,6-7,10-11H2,1-5H3,(H,21,23)(H,22,24). The second-order valence-corrected chi connectivity index (χ2v) is 7.85. The highest BCUT2D eigenvalue weighted by atomic mass is 79.9. The van der Waals surface area contributed by atoms with E-state index in [2.05, 4.69) is 26.6 Å². The van der Waals surface area contributed by atoms with Crippen LogP contribution in [0.5, 0.6) is 5.75 Å². The van der Waals surface area contributed by atoms with Gasteiger partial charge in [0.1, 0.15) is 17.4 Å². The van der Waals surface area contributed by atoms with Gasteiger partial charge in [-0.25, -0.2) is 4.79 Å². The van der Waals surface area contributed by atoms with Crippen molar-refractivity contribution in [1.82, 2.24) is 10.6 Å². The average molecular weight is 429 g/mol. The molecule has 26 heavy (non-hydrogen) atoms. The van der Waals surface area contributed by atoms with E-state index in [0.29, 0.717) is 19.4 Å². The van der Waals surface area contributed by atoms with Crippen LogP contribution in [-0.4, -0.2) is 37.3 Å². The van der Waals surface area contributed by atoms with Gasteiger partial charge in [-0.3, -0.25) is 4.79 Å². The molecule has 0 saturated carbocycles. The number of halogens is 1. The van der Waals surface area contributed by atoms with Crippen LogP contribution in [0.15, 0.2) is 22.7 Å². The molecule has 7 heteroatoms. The molecule has 1 aromatic carbocycles. The third-order valence-corrected chi connectivity index (χ3v) is 4.17. The minimum absolute atomic E-state index is 0.207. The van der Waals surface area contributed by atoms with Crippen LogP contribution in [0, 0.1) is 0 Å². The van der Waals surface area contributed by atoms with E-state index in [4.69, 9.17) is 9.47 Å². The lowest BCUT2D eigenvalue weighted by atomic mass is 10.1. The first-order valence-corrected chi connectivity index (χ1v) is 9.55. The number of rotatable bonds is 8. The van der Waals surface area contributed by atoms with Crippen molar-refractivity contribution in [3.63, 3.8) is 0 Å².